The first-order valence-corrected chi connectivity index (χ1v) is 5.71. The molecule has 0 aliphatic rings. The van der Waals surface area contributed by atoms with E-state index in [1.807, 2.05) is 6.20 Å². The largest absolute Gasteiger partial charge is 0.361 e. The van der Waals surface area contributed by atoms with Gasteiger partial charge >= 0.3 is 0 Å². The van der Waals surface area contributed by atoms with Gasteiger partial charge in [0.25, 0.3) is 0 Å². The minimum Gasteiger partial charge on any atom is -0.361 e. The van der Waals surface area contributed by atoms with Gasteiger partial charge in [0.15, 0.2) is 0 Å². The number of aromatic amines is 1. The maximum atomic E-state index is 13.2. The van der Waals surface area contributed by atoms with Crippen LogP contribution in [0, 0.1) is 11.2 Å². The van der Waals surface area contributed by atoms with E-state index in [-0.39, 0.29) is 5.82 Å². The second kappa shape index (κ2) is 3.93. The Labute approximate surface area is 95.7 Å². The smallest absolute Gasteiger partial charge is 0.123 e. The summed E-state index contributed by atoms with van der Waals surface area (Å²) in [5.41, 5.74) is 2.55. The highest BCUT2D eigenvalue weighted by molar-refractivity contribution is 5.83. The summed E-state index contributed by atoms with van der Waals surface area (Å²) < 4.78 is 13.2. The van der Waals surface area contributed by atoms with Gasteiger partial charge in [-0.1, -0.05) is 20.8 Å². The minimum absolute atomic E-state index is 0.163. The number of benzene rings is 1. The zero-order valence-electron chi connectivity index (χ0n) is 10.1. The lowest BCUT2D eigenvalue weighted by Crippen LogP contribution is -2.06. The van der Waals surface area contributed by atoms with Crippen LogP contribution in [0.15, 0.2) is 24.4 Å². The van der Waals surface area contributed by atoms with Gasteiger partial charge in [0, 0.05) is 17.1 Å². The molecule has 0 bridgehead atoms. The molecule has 0 fully saturated rings. The molecular weight excluding hydrogens is 201 g/mol. The maximum Gasteiger partial charge on any atom is 0.123 e. The number of fused-ring (bicyclic) bond motifs is 1. The lowest BCUT2D eigenvalue weighted by atomic mass is 9.88. The predicted octanol–water partition coefficient (Wildman–Crippen LogP) is 4.29. The van der Waals surface area contributed by atoms with Gasteiger partial charge in [-0.15, -0.1) is 0 Å². The van der Waals surface area contributed by atoms with Gasteiger partial charge in [-0.05, 0) is 42.0 Å². The number of nitrogens with one attached hydrogen (secondary N) is 1. The molecule has 0 saturated carbocycles. The summed E-state index contributed by atoms with van der Waals surface area (Å²) in [5, 5.41) is 1.02. The van der Waals surface area contributed by atoms with Crippen LogP contribution in [0.25, 0.3) is 10.9 Å². The van der Waals surface area contributed by atoms with Crippen molar-refractivity contribution in [2.75, 3.05) is 0 Å². The quantitative estimate of drug-likeness (QED) is 0.775. The van der Waals surface area contributed by atoms with E-state index in [2.05, 4.69) is 25.8 Å². The fourth-order valence-corrected chi connectivity index (χ4v) is 1.87. The number of H-pyrrole nitrogens is 1. The molecule has 0 aliphatic heterocycles. The highest BCUT2D eigenvalue weighted by atomic mass is 19.1. The Morgan fingerprint density at radius 3 is 2.69 bits per heavy atom. The molecule has 1 heterocycles. The van der Waals surface area contributed by atoms with Crippen molar-refractivity contribution in [2.24, 2.45) is 5.41 Å². The fraction of sp³-hybridized carbons (Fsp3) is 0.429. The summed E-state index contributed by atoms with van der Waals surface area (Å²) in [6, 6.07) is 4.90. The molecule has 0 amide bonds. The summed E-state index contributed by atoms with van der Waals surface area (Å²) in [5.74, 6) is -0.163. The van der Waals surface area contributed by atoms with E-state index < -0.39 is 0 Å². The van der Waals surface area contributed by atoms with Crippen LogP contribution in [0.3, 0.4) is 0 Å². The molecule has 1 nitrogen and oxygen atoms in total. The number of aryl methyl sites for hydroxylation is 1. The SMILES string of the molecule is CC(C)(C)CCc1c[nH]c2ccc(F)cc12. The van der Waals surface area contributed by atoms with Crippen LogP contribution in [0.4, 0.5) is 4.39 Å². The van der Waals surface area contributed by atoms with Crippen LogP contribution >= 0.6 is 0 Å². The monoisotopic (exact) mass is 219 g/mol. The normalized spacial score (nSPS) is 12.2. The van der Waals surface area contributed by atoms with E-state index in [1.165, 1.54) is 11.6 Å². The first-order chi connectivity index (χ1) is 7.46. The van der Waals surface area contributed by atoms with E-state index in [1.54, 1.807) is 12.1 Å². The number of hydrogen-bond acceptors (Lipinski definition) is 0. The average molecular weight is 219 g/mol. The fourth-order valence-electron chi connectivity index (χ4n) is 1.87. The molecule has 0 aliphatic carbocycles. The number of aromatic nitrogens is 1. The van der Waals surface area contributed by atoms with Gasteiger partial charge in [-0.2, -0.15) is 0 Å². The van der Waals surface area contributed by atoms with Gasteiger partial charge in [-0.25, -0.2) is 4.39 Å². The molecule has 1 N–H and O–H groups in total. The molecule has 86 valence electrons. The number of hydrogen-bond donors (Lipinski definition) is 1. The van der Waals surface area contributed by atoms with Gasteiger partial charge in [0.1, 0.15) is 5.82 Å². The van der Waals surface area contributed by atoms with Crippen LogP contribution in [0.5, 0.6) is 0 Å². The molecule has 0 saturated heterocycles. The van der Waals surface area contributed by atoms with Crippen molar-refractivity contribution < 1.29 is 4.39 Å². The Balaban J connectivity index is 2.28. The molecule has 2 rings (SSSR count). The van der Waals surface area contributed by atoms with Crippen molar-refractivity contribution in [1.82, 2.24) is 4.98 Å². The van der Waals surface area contributed by atoms with E-state index >= 15 is 0 Å². The molecule has 0 radical (unpaired) electrons. The lowest BCUT2D eigenvalue weighted by Gasteiger charge is -2.17. The van der Waals surface area contributed by atoms with E-state index in [9.17, 15) is 4.39 Å². The first kappa shape index (κ1) is 11.2. The average Bonchev–Trinajstić information content (AvgIpc) is 2.56. The Bertz CT molecular complexity index is 491. The van der Waals surface area contributed by atoms with Crippen LogP contribution in [0.1, 0.15) is 32.8 Å². The lowest BCUT2D eigenvalue weighted by molar-refractivity contribution is 0.378. The van der Waals surface area contributed by atoms with Crippen molar-refractivity contribution in [1.29, 1.82) is 0 Å². The van der Waals surface area contributed by atoms with E-state index in [4.69, 9.17) is 0 Å². The third-order valence-corrected chi connectivity index (χ3v) is 2.87. The second-order valence-electron chi connectivity index (χ2n) is 5.56. The second-order valence-corrected chi connectivity index (χ2v) is 5.56. The molecule has 1 aromatic carbocycles. The van der Waals surface area contributed by atoms with Crippen molar-refractivity contribution in [3.05, 3.63) is 35.8 Å². The molecule has 16 heavy (non-hydrogen) atoms. The molecule has 0 atom stereocenters. The zero-order valence-corrected chi connectivity index (χ0v) is 10.1. The topological polar surface area (TPSA) is 15.8 Å². The Morgan fingerprint density at radius 2 is 2.00 bits per heavy atom. The highest BCUT2D eigenvalue weighted by Crippen LogP contribution is 2.25. The summed E-state index contributed by atoms with van der Waals surface area (Å²) >= 11 is 0. The van der Waals surface area contributed by atoms with E-state index in [0.29, 0.717) is 5.41 Å². The van der Waals surface area contributed by atoms with Crippen molar-refractivity contribution in [3.63, 3.8) is 0 Å². The maximum absolute atomic E-state index is 13.2. The Kier molecular flexibility index (Phi) is 2.75. The number of halogens is 1. The Hall–Kier alpha value is -1.31. The predicted molar refractivity (Wildman–Crippen MR) is 66.0 cm³/mol. The summed E-state index contributed by atoms with van der Waals surface area (Å²) in [7, 11) is 0. The number of rotatable bonds is 2. The highest BCUT2D eigenvalue weighted by Gasteiger charge is 2.12. The summed E-state index contributed by atoms with van der Waals surface area (Å²) in [6.45, 7) is 6.67. The molecular formula is C14H18FN. The van der Waals surface area contributed by atoms with Crippen LogP contribution in [0.2, 0.25) is 0 Å². The van der Waals surface area contributed by atoms with Crippen LogP contribution in [-0.2, 0) is 6.42 Å². The van der Waals surface area contributed by atoms with Crippen molar-refractivity contribution in [3.8, 4) is 0 Å². The molecule has 2 aromatic rings. The van der Waals surface area contributed by atoms with Crippen molar-refractivity contribution >= 4 is 10.9 Å². The van der Waals surface area contributed by atoms with Crippen LogP contribution in [-0.4, -0.2) is 4.98 Å². The van der Waals surface area contributed by atoms with E-state index in [0.717, 1.165) is 23.7 Å². The third kappa shape index (κ3) is 2.43. The van der Waals surface area contributed by atoms with Gasteiger partial charge < -0.3 is 4.98 Å². The van der Waals surface area contributed by atoms with Crippen molar-refractivity contribution in [2.45, 2.75) is 33.6 Å². The Morgan fingerprint density at radius 1 is 1.25 bits per heavy atom. The zero-order chi connectivity index (χ0) is 11.8. The summed E-state index contributed by atoms with van der Waals surface area (Å²) in [4.78, 5) is 3.18. The first-order valence-electron chi connectivity index (χ1n) is 5.71. The summed E-state index contributed by atoms with van der Waals surface area (Å²) in [6.07, 6.45) is 4.10. The molecule has 0 spiro atoms. The van der Waals surface area contributed by atoms with Gasteiger partial charge in [-0.3, -0.25) is 0 Å². The van der Waals surface area contributed by atoms with Gasteiger partial charge in [0.2, 0.25) is 0 Å². The minimum atomic E-state index is -0.163. The van der Waals surface area contributed by atoms with Crippen LogP contribution < -0.4 is 0 Å². The molecule has 0 unspecified atom stereocenters. The standard InChI is InChI=1S/C14H18FN/c1-14(2,3)7-6-10-9-16-13-5-4-11(15)8-12(10)13/h4-5,8-9,16H,6-7H2,1-3H3. The van der Waals surface area contributed by atoms with Gasteiger partial charge in [0.05, 0.1) is 0 Å². The molecule has 2 heteroatoms. The third-order valence-electron chi connectivity index (χ3n) is 2.87. The molecule has 1 aromatic heterocycles.